The van der Waals surface area contributed by atoms with E-state index >= 15 is 0 Å². The first kappa shape index (κ1) is 20.8. The Balaban J connectivity index is 1.61. The van der Waals surface area contributed by atoms with Crippen molar-refractivity contribution in [1.29, 1.82) is 0 Å². The number of anilines is 1. The minimum atomic E-state index is -0.204. The summed E-state index contributed by atoms with van der Waals surface area (Å²) < 4.78 is 17.0. The molecule has 0 aliphatic carbocycles. The SMILES string of the molecule is COc1ccc(C)c2sc(N(CCCN3CCOCC3)C(=O)c3cc(C)on3)nc12. The van der Waals surface area contributed by atoms with E-state index in [2.05, 4.69) is 10.1 Å². The monoisotopic (exact) mass is 430 g/mol. The predicted octanol–water partition coefficient (Wildman–Crippen LogP) is 3.28. The summed E-state index contributed by atoms with van der Waals surface area (Å²) in [6, 6.07) is 5.58. The van der Waals surface area contributed by atoms with E-state index in [-0.39, 0.29) is 5.91 Å². The van der Waals surface area contributed by atoms with Gasteiger partial charge in [0.25, 0.3) is 5.91 Å². The van der Waals surface area contributed by atoms with Crippen LogP contribution in [0.15, 0.2) is 22.7 Å². The maximum absolute atomic E-state index is 13.3. The highest BCUT2D eigenvalue weighted by atomic mass is 32.1. The zero-order valence-electron chi connectivity index (χ0n) is 17.5. The van der Waals surface area contributed by atoms with Gasteiger partial charge >= 0.3 is 0 Å². The maximum atomic E-state index is 13.3. The third kappa shape index (κ3) is 4.33. The van der Waals surface area contributed by atoms with Crippen molar-refractivity contribution in [3.63, 3.8) is 0 Å². The molecule has 1 saturated heterocycles. The number of nitrogens with zero attached hydrogens (tertiary/aromatic N) is 4. The van der Waals surface area contributed by atoms with Crippen LogP contribution >= 0.6 is 11.3 Å². The van der Waals surface area contributed by atoms with Gasteiger partial charge in [0.05, 0.1) is 25.0 Å². The van der Waals surface area contributed by atoms with Gasteiger partial charge in [-0.3, -0.25) is 14.6 Å². The molecular weight excluding hydrogens is 404 g/mol. The molecule has 160 valence electrons. The Morgan fingerprint density at radius 1 is 1.30 bits per heavy atom. The molecule has 0 atom stereocenters. The number of carbonyl (C=O) groups is 1. The molecule has 1 aliphatic rings. The summed E-state index contributed by atoms with van der Waals surface area (Å²) in [6.45, 7) is 8.63. The van der Waals surface area contributed by atoms with Crippen molar-refractivity contribution in [2.45, 2.75) is 20.3 Å². The first-order valence-corrected chi connectivity index (χ1v) is 10.9. The Morgan fingerprint density at radius 3 is 2.80 bits per heavy atom. The standard InChI is InChI=1S/C21H26N4O4S/c1-14-5-6-17(27-3)18-19(14)30-21(22-18)25(20(26)16-13-15(2)29-23-16)8-4-7-24-9-11-28-12-10-24/h5-6,13H,4,7-12H2,1-3H3. The second-order valence-corrected chi connectivity index (χ2v) is 8.32. The normalized spacial score (nSPS) is 14.9. The molecular formula is C21H26N4O4S. The highest BCUT2D eigenvalue weighted by molar-refractivity contribution is 7.22. The molecule has 4 rings (SSSR count). The van der Waals surface area contributed by atoms with Crippen LogP contribution in [0.3, 0.4) is 0 Å². The van der Waals surface area contributed by atoms with Crippen molar-refractivity contribution in [1.82, 2.24) is 15.0 Å². The number of ether oxygens (including phenoxy) is 2. The number of amides is 1. The summed E-state index contributed by atoms with van der Waals surface area (Å²) in [5.41, 5.74) is 2.18. The van der Waals surface area contributed by atoms with Gasteiger partial charge in [0.1, 0.15) is 17.0 Å². The van der Waals surface area contributed by atoms with E-state index in [0.717, 1.165) is 55.0 Å². The van der Waals surface area contributed by atoms with Crippen LogP contribution in [0.5, 0.6) is 5.75 Å². The smallest absolute Gasteiger partial charge is 0.282 e. The van der Waals surface area contributed by atoms with Gasteiger partial charge in [-0.2, -0.15) is 0 Å². The molecule has 0 radical (unpaired) electrons. The van der Waals surface area contributed by atoms with Crippen LogP contribution in [0, 0.1) is 13.8 Å². The van der Waals surface area contributed by atoms with Crippen LogP contribution in [0.4, 0.5) is 5.13 Å². The van der Waals surface area contributed by atoms with Gasteiger partial charge in [0.2, 0.25) is 0 Å². The molecule has 3 heterocycles. The summed E-state index contributed by atoms with van der Waals surface area (Å²) in [7, 11) is 1.63. The molecule has 0 N–H and O–H groups in total. The number of morpholine rings is 1. The molecule has 0 spiro atoms. The molecule has 1 aliphatic heterocycles. The fourth-order valence-corrected chi connectivity index (χ4v) is 4.62. The van der Waals surface area contributed by atoms with Gasteiger partial charge in [-0.05, 0) is 31.9 Å². The Labute approximate surface area is 179 Å². The zero-order chi connectivity index (χ0) is 21.1. The summed E-state index contributed by atoms with van der Waals surface area (Å²) in [6.07, 6.45) is 0.828. The van der Waals surface area contributed by atoms with E-state index in [4.69, 9.17) is 19.0 Å². The second-order valence-electron chi connectivity index (χ2n) is 7.35. The zero-order valence-corrected chi connectivity index (χ0v) is 18.3. The van der Waals surface area contributed by atoms with Crippen molar-refractivity contribution in [3.8, 4) is 5.75 Å². The van der Waals surface area contributed by atoms with Gasteiger partial charge < -0.3 is 14.0 Å². The molecule has 0 bridgehead atoms. The topological polar surface area (TPSA) is 80.9 Å². The Hall–Kier alpha value is -2.49. The molecule has 0 saturated carbocycles. The lowest BCUT2D eigenvalue weighted by atomic mass is 10.2. The fraction of sp³-hybridized carbons (Fsp3) is 0.476. The number of hydrogen-bond acceptors (Lipinski definition) is 8. The second kappa shape index (κ2) is 9.11. The fourth-order valence-electron chi connectivity index (χ4n) is 3.55. The minimum absolute atomic E-state index is 0.204. The molecule has 1 fully saturated rings. The lowest BCUT2D eigenvalue weighted by molar-refractivity contribution is 0.0376. The molecule has 8 nitrogen and oxygen atoms in total. The van der Waals surface area contributed by atoms with E-state index in [1.165, 1.54) is 11.3 Å². The van der Waals surface area contributed by atoms with Crippen molar-refractivity contribution in [2.75, 3.05) is 51.4 Å². The summed E-state index contributed by atoms with van der Waals surface area (Å²) in [5.74, 6) is 1.11. The van der Waals surface area contributed by atoms with Gasteiger partial charge in [0.15, 0.2) is 10.8 Å². The van der Waals surface area contributed by atoms with Crippen LogP contribution in [0.1, 0.15) is 28.2 Å². The minimum Gasteiger partial charge on any atom is -0.494 e. The van der Waals surface area contributed by atoms with Crippen molar-refractivity contribution in [3.05, 3.63) is 35.2 Å². The number of thiazole rings is 1. The number of fused-ring (bicyclic) bond motifs is 1. The number of aromatic nitrogens is 2. The quantitative estimate of drug-likeness (QED) is 0.569. The first-order valence-electron chi connectivity index (χ1n) is 10.1. The van der Waals surface area contributed by atoms with E-state index < -0.39 is 0 Å². The van der Waals surface area contributed by atoms with Crippen LogP contribution < -0.4 is 9.64 Å². The van der Waals surface area contributed by atoms with Crippen LogP contribution in [-0.2, 0) is 4.74 Å². The largest absolute Gasteiger partial charge is 0.494 e. The highest BCUT2D eigenvalue weighted by Crippen LogP contribution is 2.36. The van der Waals surface area contributed by atoms with Gasteiger partial charge in [-0.25, -0.2) is 4.98 Å². The van der Waals surface area contributed by atoms with Gasteiger partial charge in [-0.15, -0.1) is 0 Å². The molecule has 30 heavy (non-hydrogen) atoms. The number of methoxy groups -OCH3 is 1. The number of carbonyl (C=O) groups excluding carboxylic acids is 1. The number of rotatable bonds is 7. The average molecular weight is 431 g/mol. The molecule has 1 aromatic carbocycles. The lowest BCUT2D eigenvalue weighted by Gasteiger charge is -2.27. The number of benzene rings is 1. The predicted molar refractivity (Wildman–Crippen MR) is 116 cm³/mol. The third-order valence-corrected chi connectivity index (χ3v) is 6.41. The van der Waals surface area contributed by atoms with E-state index in [9.17, 15) is 4.79 Å². The average Bonchev–Trinajstić information content (AvgIpc) is 3.39. The Morgan fingerprint density at radius 2 is 2.10 bits per heavy atom. The summed E-state index contributed by atoms with van der Waals surface area (Å²) in [5, 5.41) is 4.57. The summed E-state index contributed by atoms with van der Waals surface area (Å²) >= 11 is 1.50. The van der Waals surface area contributed by atoms with Gasteiger partial charge in [-0.1, -0.05) is 22.6 Å². The Bertz CT molecular complexity index is 1030. The van der Waals surface area contributed by atoms with Crippen LogP contribution in [0.25, 0.3) is 10.2 Å². The molecule has 0 unspecified atom stereocenters. The van der Waals surface area contributed by atoms with Crippen molar-refractivity contribution < 1.29 is 18.8 Å². The molecule has 2 aromatic heterocycles. The maximum Gasteiger partial charge on any atom is 0.282 e. The van der Waals surface area contributed by atoms with Crippen LogP contribution in [0.2, 0.25) is 0 Å². The molecule has 9 heteroatoms. The van der Waals surface area contributed by atoms with Gasteiger partial charge in [0, 0.05) is 32.2 Å². The highest BCUT2D eigenvalue weighted by Gasteiger charge is 2.25. The van der Waals surface area contributed by atoms with Crippen LogP contribution in [-0.4, -0.2) is 67.5 Å². The number of aryl methyl sites for hydroxylation is 2. The number of hydrogen-bond donors (Lipinski definition) is 0. The molecule has 3 aromatic rings. The van der Waals surface area contributed by atoms with Crippen molar-refractivity contribution >= 4 is 32.6 Å². The van der Waals surface area contributed by atoms with E-state index in [0.29, 0.717) is 28.9 Å². The van der Waals surface area contributed by atoms with E-state index in [1.807, 2.05) is 19.1 Å². The Kier molecular flexibility index (Phi) is 6.31. The van der Waals surface area contributed by atoms with E-state index in [1.54, 1.807) is 25.0 Å². The first-order chi connectivity index (χ1) is 14.6. The third-order valence-electron chi connectivity index (χ3n) is 5.19. The van der Waals surface area contributed by atoms with Crippen molar-refractivity contribution in [2.24, 2.45) is 0 Å². The summed E-state index contributed by atoms with van der Waals surface area (Å²) in [4.78, 5) is 22.1. The lowest BCUT2D eigenvalue weighted by Crippen LogP contribution is -2.39. The molecule has 1 amide bonds.